The lowest BCUT2D eigenvalue weighted by molar-refractivity contribution is -0.156. The van der Waals surface area contributed by atoms with Crippen molar-refractivity contribution in [2.75, 3.05) is 32.8 Å². The molecule has 168 valence electrons. The van der Waals surface area contributed by atoms with Crippen LogP contribution in [0.15, 0.2) is 36.4 Å². The van der Waals surface area contributed by atoms with E-state index in [4.69, 9.17) is 9.47 Å². The first-order valence-corrected chi connectivity index (χ1v) is 10.9. The third-order valence-corrected chi connectivity index (χ3v) is 5.52. The second kappa shape index (κ2) is 9.98. The highest BCUT2D eigenvalue weighted by molar-refractivity contribution is 5.82. The van der Waals surface area contributed by atoms with Gasteiger partial charge in [-0.15, -0.1) is 0 Å². The van der Waals surface area contributed by atoms with E-state index in [9.17, 15) is 14.4 Å². The van der Waals surface area contributed by atoms with Gasteiger partial charge in [0.2, 0.25) is 0 Å². The molecule has 2 aliphatic heterocycles. The molecule has 1 aromatic rings. The van der Waals surface area contributed by atoms with Gasteiger partial charge < -0.3 is 19.3 Å². The number of rotatable bonds is 4. The van der Waals surface area contributed by atoms with Crippen LogP contribution in [0.2, 0.25) is 0 Å². The van der Waals surface area contributed by atoms with Crippen molar-refractivity contribution in [1.29, 1.82) is 0 Å². The van der Waals surface area contributed by atoms with E-state index >= 15 is 0 Å². The van der Waals surface area contributed by atoms with Crippen molar-refractivity contribution in [2.45, 2.75) is 45.6 Å². The van der Waals surface area contributed by atoms with E-state index in [0.29, 0.717) is 39.0 Å². The Kier molecular flexibility index (Phi) is 7.36. The number of hydrogen-bond acceptors (Lipinski definition) is 5. The summed E-state index contributed by atoms with van der Waals surface area (Å²) >= 11 is 0. The van der Waals surface area contributed by atoms with Crippen molar-refractivity contribution in [3.63, 3.8) is 0 Å². The number of carbonyl (C=O) groups is 3. The predicted molar refractivity (Wildman–Crippen MR) is 117 cm³/mol. The lowest BCUT2D eigenvalue weighted by Crippen LogP contribution is -2.43. The normalized spacial score (nSPS) is 17.7. The van der Waals surface area contributed by atoms with Crippen molar-refractivity contribution < 1.29 is 23.9 Å². The number of likely N-dealkylation sites (tertiary alicyclic amines) is 1. The first kappa shape index (κ1) is 22.8. The van der Waals surface area contributed by atoms with Gasteiger partial charge in [0.25, 0.3) is 5.91 Å². The zero-order valence-electron chi connectivity index (χ0n) is 18.6. The largest absolute Gasteiger partial charge is 0.455 e. The maximum atomic E-state index is 12.5. The van der Waals surface area contributed by atoms with Gasteiger partial charge in [-0.2, -0.15) is 0 Å². The van der Waals surface area contributed by atoms with Crippen molar-refractivity contribution in [2.24, 2.45) is 5.92 Å². The maximum absolute atomic E-state index is 12.5. The molecule has 7 heteroatoms. The molecule has 0 spiro atoms. The summed E-state index contributed by atoms with van der Waals surface area (Å²) in [4.78, 5) is 40.3. The Morgan fingerprint density at radius 3 is 2.26 bits per heavy atom. The van der Waals surface area contributed by atoms with Gasteiger partial charge in [-0.05, 0) is 51.2 Å². The molecule has 1 saturated heterocycles. The van der Waals surface area contributed by atoms with Crippen molar-refractivity contribution in [3.8, 4) is 0 Å². The summed E-state index contributed by atoms with van der Waals surface area (Å²) in [6.45, 7) is 7.27. The standard InChI is InChI=1S/C24H32N2O5/c1-24(2,3)31-23(29)26-15-11-20(12-16-26)22(28)30-17-21(27)25-13-9-19(10-14-25)18-7-5-4-6-8-18/h4-9,20H,10-17H2,1-3H3. The predicted octanol–water partition coefficient (Wildman–Crippen LogP) is 3.49. The molecule has 2 heterocycles. The number of nitrogens with zero attached hydrogens (tertiary/aromatic N) is 2. The van der Waals surface area contributed by atoms with E-state index in [0.717, 1.165) is 6.42 Å². The van der Waals surface area contributed by atoms with Crippen LogP contribution in [0.4, 0.5) is 4.79 Å². The van der Waals surface area contributed by atoms with Gasteiger partial charge in [0.15, 0.2) is 6.61 Å². The van der Waals surface area contributed by atoms with Crippen LogP contribution in [0.3, 0.4) is 0 Å². The quantitative estimate of drug-likeness (QED) is 0.686. The topological polar surface area (TPSA) is 76.1 Å². The smallest absolute Gasteiger partial charge is 0.410 e. The molecule has 0 unspecified atom stereocenters. The fourth-order valence-electron chi connectivity index (χ4n) is 3.78. The van der Waals surface area contributed by atoms with Crippen LogP contribution in [-0.2, 0) is 19.1 Å². The molecule has 2 aliphatic rings. The van der Waals surface area contributed by atoms with E-state index in [1.165, 1.54) is 11.1 Å². The molecule has 0 atom stereocenters. The lowest BCUT2D eigenvalue weighted by atomic mass is 9.97. The summed E-state index contributed by atoms with van der Waals surface area (Å²) in [7, 11) is 0. The van der Waals surface area contributed by atoms with Gasteiger partial charge in [0, 0.05) is 26.2 Å². The number of benzene rings is 1. The Bertz CT molecular complexity index is 820. The monoisotopic (exact) mass is 428 g/mol. The second-order valence-electron chi connectivity index (χ2n) is 9.03. The molecule has 0 N–H and O–H groups in total. The summed E-state index contributed by atoms with van der Waals surface area (Å²) in [5, 5.41) is 0. The Hall–Kier alpha value is -2.83. The molecule has 2 amide bonds. The van der Waals surface area contributed by atoms with E-state index in [1.807, 2.05) is 39.0 Å². The van der Waals surface area contributed by atoms with E-state index in [-0.39, 0.29) is 30.5 Å². The minimum absolute atomic E-state index is 0.178. The molecule has 0 radical (unpaired) electrons. The van der Waals surface area contributed by atoms with E-state index in [1.54, 1.807) is 9.80 Å². The molecule has 3 rings (SSSR count). The van der Waals surface area contributed by atoms with Crippen LogP contribution < -0.4 is 0 Å². The highest BCUT2D eigenvalue weighted by Gasteiger charge is 2.31. The Balaban J connectivity index is 1.40. The second-order valence-corrected chi connectivity index (χ2v) is 9.03. The van der Waals surface area contributed by atoms with Crippen LogP contribution >= 0.6 is 0 Å². The summed E-state index contributed by atoms with van der Waals surface area (Å²) in [5.74, 6) is -0.838. The van der Waals surface area contributed by atoms with Gasteiger partial charge in [-0.3, -0.25) is 9.59 Å². The van der Waals surface area contributed by atoms with Crippen LogP contribution in [0, 0.1) is 5.92 Å². The number of hydrogen-bond donors (Lipinski definition) is 0. The highest BCUT2D eigenvalue weighted by Crippen LogP contribution is 2.23. The number of carbonyl (C=O) groups excluding carboxylic acids is 3. The summed E-state index contributed by atoms with van der Waals surface area (Å²) in [5.41, 5.74) is 1.87. The summed E-state index contributed by atoms with van der Waals surface area (Å²) in [6, 6.07) is 10.1. The molecule has 0 aromatic heterocycles. The van der Waals surface area contributed by atoms with Crippen LogP contribution in [0.5, 0.6) is 0 Å². The minimum Gasteiger partial charge on any atom is -0.455 e. The van der Waals surface area contributed by atoms with E-state index < -0.39 is 5.60 Å². The average molecular weight is 429 g/mol. The van der Waals surface area contributed by atoms with Gasteiger partial charge in [-0.1, -0.05) is 36.4 Å². The Labute approximate surface area is 184 Å². The van der Waals surface area contributed by atoms with Gasteiger partial charge in [0.05, 0.1) is 5.92 Å². The minimum atomic E-state index is -0.543. The number of ether oxygens (including phenoxy) is 2. The molecule has 0 saturated carbocycles. The maximum Gasteiger partial charge on any atom is 0.410 e. The van der Waals surface area contributed by atoms with E-state index in [2.05, 4.69) is 18.2 Å². The third-order valence-electron chi connectivity index (χ3n) is 5.52. The van der Waals surface area contributed by atoms with Crippen molar-refractivity contribution in [1.82, 2.24) is 9.80 Å². The van der Waals surface area contributed by atoms with Gasteiger partial charge in [-0.25, -0.2) is 4.79 Å². The molecular weight excluding hydrogens is 396 g/mol. The van der Waals surface area contributed by atoms with Crippen molar-refractivity contribution >= 4 is 23.5 Å². The summed E-state index contributed by atoms with van der Waals surface area (Å²) < 4.78 is 10.7. The Morgan fingerprint density at radius 1 is 1.00 bits per heavy atom. The zero-order valence-corrected chi connectivity index (χ0v) is 18.6. The SMILES string of the molecule is CC(C)(C)OC(=O)N1CCC(C(=O)OCC(=O)N2CC=C(c3ccccc3)CC2)CC1. The number of piperidine rings is 1. The third kappa shape index (κ3) is 6.57. The van der Waals surface area contributed by atoms with Crippen LogP contribution in [0.25, 0.3) is 5.57 Å². The van der Waals surface area contributed by atoms with Gasteiger partial charge >= 0.3 is 12.1 Å². The first-order valence-electron chi connectivity index (χ1n) is 10.9. The average Bonchev–Trinajstić information content (AvgIpc) is 2.77. The lowest BCUT2D eigenvalue weighted by Gasteiger charge is -2.32. The fourth-order valence-corrected chi connectivity index (χ4v) is 3.78. The molecule has 1 fully saturated rings. The summed E-state index contributed by atoms with van der Waals surface area (Å²) in [6.07, 6.45) is 3.51. The molecule has 0 aliphatic carbocycles. The van der Waals surface area contributed by atoms with Gasteiger partial charge in [0.1, 0.15) is 5.60 Å². The molecule has 7 nitrogen and oxygen atoms in total. The fraction of sp³-hybridized carbons (Fsp3) is 0.542. The molecular formula is C24H32N2O5. The number of amides is 2. The molecule has 1 aromatic carbocycles. The van der Waals surface area contributed by atoms with Crippen LogP contribution in [0.1, 0.15) is 45.6 Å². The molecule has 0 bridgehead atoms. The van der Waals surface area contributed by atoms with Crippen molar-refractivity contribution in [3.05, 3.63) is 42.0 Å². The molecule has 31 heavy (non-hydrogen) atoms. The number of esters is 1. The first-order chi connectivity index (χ1) is 14.7. The Morgan fingerprint density at radius 2 is 1.68 bits per heavy atom. The zero-order chi connectivity index (χ0) is 22.4. The highest BCUT2D eigenvalue weighted by atomic mass is 16.6. The van der Waals surface area contributed by atoms with Crippen LogP contribution in [-0.4, -0.2) is 66.2 Å².